The van der Waals surface area contributed by atoms with Crippen LogP contribution in [-0.2, 0) is 6.54 Å². The van der Waals surface area contributed by atoms with Gasteiger partial charge in [-0.15, -0.1) is 0 Å². The van der Waals surface area contributed by atoms with E-state index in [0.29, 0.717) is 0 Å². The lowest BCUT2D eigenvalue weighted by Crippen LogP contribution is -2.42. The Kier molecular flexibility index (Phi) is 4.18. The van der Waals surface area contributed by atoms with Gasteiger partial charge in [0.05, 0.1) is 5.69 Å². The van der Waals surface area contributed by atoms with Gasteiger partial charge in [-0.05, 0) is 38.3 Å². The number of aromatic nitrogens is 2. The zero-order valence-corrected chi connectivity index (χ0v) is 10.8. The van der Waals surface area contributed by atoms with Crippen LogP contribution in [0.15, 0.2) is 12.3 Å². The second-order valence-corrected chi connectivity index (χ2v) is 4.88. The smallest absolute Gasteiger partial charge is 0.111 e. The van der Waals surface area contributed by atoms with Crippen molar-refractivity contribution in [1.29, 1.82) is 0 Å². The Hall–Kier alpha value is -0.870. The molecule has 4 heteroatoms. The van der Waals surface area contributed by atoms with Crippen molar-refractivity contribution in [1.82, 2.24) is 15.1 Å². The van der Waals surface area contributed by atoms with Crippen molar-refractivity contribution in [2.75, 3.05) is 6.54 Å². The number of hydrogen-bond acceptors (Lipinski definition) is 3. The third-order valence-electron chi connectivity index (χ3n) is 3.86. The average Bonchev–Trinajstić information content (AvgIpc) is 2.86. The van der Waals surface area contributed by atoms with E-state index in [1.807, 2.05) is 17.7 Å². The van der Waals surface area contributed by atoms with Crippen LogP contribution in [0.2, 0.25) is 0 Å². The Morgan fingerprint density at radius 1 is 1.59 bits per heavy atom. The molecular formula is C13H23N3O. The minimum atomic E-state index is -0.438. The van der Waals surface area contributed by atoms with E-state index in [2.05, 4.69) is 17.3 Å². The summed E-state index contributed by atoms with van der Waals surface area (Å²) < 4.78 is 1.88. The van der Waals surface area contributed by atoms with Gasteiger partial charge >= 0.3 is 0 Å². The highest BCUT2D eigenvalue weighted by Gasteiger charge is 2.28. The maximum Gasteiger partial charge on any atom is 0.111 e. The maximum atomic E-state index is 10.4. The molecule has 2 N–H and O–H groups in total. The van der Waals surface area contributed by atoms with Crippen LogP contribution in [0.25, 0.3) is 0 Å². The summed E-state index contributed by atoms with van der Waals surface area (Å²) in [6.07, 6.45) is 4.83. The van der Waals surface area contributed by atoms with Crippen LogP contribution in [0, 0.1) is 5.92 Å². The van der Waals surface area contributed by atoms with E-state index in [1.165, 1.54) is 12.8 Å². The lowest BCUT2D eigenvalue weighted by Gasteiger charge is -2.33. The fourth-order valence-corrected chi connectivity index (χ4v) is 2.71. The van der Waals surface area contributed by atoms with Gasteiger partial charge in [-0.25, -0.2) is 0 Å². The number of hydrogen-bond donors (Lipinski definition) is 2. The summed E-state index contributed by atoms with van der Waals surface area (Å²) in [5.74, 6) is 0.744. The first-order valence-electron chi connectivity index (χ1n) is 6.69. The second kappa shape index (κ2) is 5.65. The van der Waals surface area contributed by atoms with Crippen molar-refractivity contribution < 1.29 is 5.11 Å². The Labute approximate surface area is 103 Å². The van der Waals surface area contributed by atoms with Crippen LogP contribution in [0.1, 0.15) is 44.9 Å². The van der Waals surface area contributed by atoms with Gasteiger partial charge in [0.2, 0.25) is 0 Å². The minimum absolute atomic E-state index is 0.177. The Morgan fingerprint density at radius 2 is 2.41 bits per heavy atom. The number of nitrogens with one attached hydrogen (secondary N) is 1. The summed E-state index contributed by atoms with van der Waals surface area (Å²) in [4.78, 5) is 0. The second-order valence-electron chi connectivity index (χ2n) is 4.88. The third-order valence-corrected chi connectivity index (χ3v) is 3.86. The molecule has 1 aliphatic rings. The van der Waals surface area contributed by atoms with Crippen LogP contribution in [0.3, 0.4) is 0 Å². The van der Waals surface area contributed by atoms with Crippen LogP contribution < -0.4 is 5.32 Å². The molecule has 1 aliphatic heterocycles. The Bertz CT molecular complexity index is 350. The van der Waals surface area contributed by atoms with Crippen LogP contribution in [0.5, 0.6) is 0 Å². The van der Waals surface area contributed by atoms with Gasteiger partial charge in [0.25, 0.3) is 0 Å². The normalized spacial score (nSPS) is 27.0. The first-order valence-corrected chi connectivity index (χ1v) is 6.69. The zero-order valence-electron chi connectivity index (χ0n) is 10.8. The quantitative estimate of drug-likeness (QED) is 0.838. The molecule has 0 spiro atoms. The molecule has 17 heavy (non-hydrogen) atoms. The maximum absolute atomic E-state index is 10.4. The first kappa shape index (κ1) is 12.6. The lowest BCUT2D eigenvalue weighted by molar-refractivity contribution is 0.0903. The molecule has 1 aromatic rings. The van der Waals surface area contributed by atoms with Gasteiger partial charge in [-0.2, -0.15) is 5.10 Å². The van der Waals surface area contributed by atoms with Crippen molar-refractivity contribution in [3.63, 3.8) is 0 Å². The number of aliphatic hydroxyl groups excluding tert-OH is 1. The van der Waals surface area contributed by atoms with Gasteiger partial charge in [-0.1, -0.05) is 13.3 Å². The highest BCUT2D eigenvalue weighted by atomic mass is 16.3. The fraction of sp³-hybridized carbons (Fsp3) is 0.769. The molecule has 1 fully saturated rings. The molecule has 1 saturated heterocycles. The molecule has 0 saturated carbocycles. The predicted octanol–water partition coefficient (Wildman–Crippen LogP) is 1.71. The molecule has 0 aromatic carbocycles. The molecular weight excluding hydrogens is 214 g/mol. The molecule has 0 amide bonds. The van der Waals surface area contributed by atoms with E-state index >= 15 is 0 Å². The van der Waals surface area contributed by atoms with Crippen molar-refractivity contribution in [2.24, 2.45) is 5.92 Å². The van der Waals surface area contributed by atoms with Gasteiger partial charge in [0.1, 0.15) is 6.10 Å². The Balaban J connectivity index is 2.06. The summed E-state index contributed by atoms with van der Waals surface area (Å²) in [7, 11) is 0. The number of rotatable bonds is 4. The van der Waals surface area contributed by atoms with E-state index in [0.717, 1.165) is 31.1 Å². The lowest BCUT2D eigenvalue weighted by atomic mass is 9.87. The fourth-order valence-electron chi connectivity index (χ4n) is 2.71. The molecule has 3 unspecified atom stereocenters. The molecule has 1 aromatic heterocycles. The first-order chi connectivity index (χ1) is 8.26. The molecule has 3 atom stereocenters. The standard InChI is InChI=1S/C13H23N3O/c1-3-10-5-7-14-11(9-10)13(17)12-6-8-15-16(12)4-2/h6,8,10-11,13-14,17H,3-5,7,9H2,1-2H3. The summed E-state index contributed by atoms with van der Waals surface area (Å²) in [6.45, 7) is 6.10. The largest absolute Gasteiger partial charge is 0.385 e. The van der Waals surface area contributed by atoms with Crippen molar-refractivity contribution in [3.05, 3.63) is 18.0 Å². The Morgan fingerprint density at radius 3 is 3.12 bits per heavy atom. The summed E-state index contributed by atoms with van der Waals surface area (Å²) >= 11 is 0. The number of nitrogens with zero attached hydrogens (tertiary/aromatic N) is 2. The van der Waals surface area contributed by atoms with Crippen molar-refractivity contribution >= 4 is 0 Å². The van der Waals surface area contributed by atoms with E-state index < -0.39 is 6.10 Å². The number of piperidine rings is 1. The molecule has 4 nitrogen and oxygen atoms in total. The molecule has 0 radical (unpaired) electrons. The van der Waals surface area contributed by atoms with Crippen LogP contribution >= 0.6 is 0 Å². The molecule has 0 bridgehead atoms. The van der Waals surface area contributed by atoms with Crippen LogP contribution in [0.4, 0.5) is 0 Å². The highest BCUT2D eigenvalue weighted by Crippen LogP contribution is 2.27. The third kappa shape index (κ3) is 2.69. The average molecular weight is 237 g/mol. The summed E-state index contributed by atoms with van der Waals surface area (Å²) in [5, 5.41) is 18.1. The van der Waals surface area contributed by atoms with Gasteiger partial charge in [-0.3, -0.25) is 4.68 Å². The van der Waals surface area contributed by atoms with E-state index in [1.54, 1.807) is 6.20 Å². The SMILES string of the molecule is CCC1CCNC(C(O)c2ccnn2CC)C1. The topological polar surface area (TPSA) is 50.1 Å². The summed E-state index contributed by atoms with van der Waals surface area (Å²) in [5.41, 5.74) is 0.932. The molecule has 2 heterocycles. The summed E-state index contributed by atoms with van der Waals surface area (Å²) in [6, 6.07) is 2.10. The van der Waals surface area contributed by atoms with Gasteiger partial charge in [0, 0.05) is 18.8 Å². The van der Waals surface area contributed by atoms with E-state index in [4.69, 9.17) is 0 Å². The molecule has 96 valence electrons. The van der Waals surface area contributed by atoms with Crippen LogP contribution in [-0.4, -0.2) is 27.5 Å². The van der Waals surface area contributed by atoms with Crippen molar-refractivity contribution in [3.8, 4) is 0 Å². The number of aliphatic hydroxyl groups is 1. The molecule has 0 aliphatic carbocycles. The minimum Gasteiger partial charge on any atom is -0.385 e. The van der Waals surface area contributed by atoms with Gasteiger partial charge < -0.3 is 10.4 Å². The highest BCUT2D eigenvalue weighted by molar-refractivity contribution is 5.08. The van der Waals surface area contributed by atoms with E-state index in [-0.39, 0.29) is 6.04 Å². The van der Waals surface area contributed by atoms with Gasteiger partial charge in [0.15, 0.2) is 0 Å². The molecule has 2 rings (SSSR count). The van der Waals surface area contributed by atoms with E-state index in [9.17, 15) is 5.11 Å². The van der Waals surface area contributed by atoms with Crippen molar-refractivity contribution in [2.45, 2.75) is 51.8 Å². The predicted molar refractivity (Wildman–Crippen MR) is 67.7 cm³/mol. The number of aryl methyl sites for hydroxylation is 1. The monoisotopic (exact) mass is 237 g/mol. The zero-order chi connectivity index (χ0) is 12.3.